The summed E-state index contributed by atoms with van der Waals surface area (Å²) in [7, 11) is 0. The van der Waals surface area contributed by atoms with Gasteiger partial charge in [0.2, 0.25) is 0 Å². The molecule has 0 bridgehead atoms. The Hall–Kier alpha value is -12.4. The molecule has 0 unspecified atom stereocenters. The first-order chi connectivity index (χ1) is 61.9. The minimum absolute atomic E-state index is 0. The second kappa shape index (κ2) is 57.0. The Morgan fingerprint density at radius 1 is 0.280 bits per heavy atom. The van der Waals surface area contributed by atoms with Crippen molar-refractivity contribution in [3.05, 3.63) is 503 Å². The van der Waals surface area contributed by atoms with E-state index in [0.717, 1.165) is 87.0 Å². The van der Waals surface area contributed by atoms with Crippen molar-refractivity contribution in [2.75, 3.05) is 0 Å². The molecular weight excluding hydrogens is 2720 g/mol. The Bertz CT molecular complexity index is 6090. The minimum Gasteiger partial charge on any atom is -0.379 e. The van der Waals surface area contributed by atoms with Crippen molar-refractivity contribution in [3.8, 4) is 101 Å². The van der Waals surface area contributed by atoms with Crippen LogP contribution in [0.1, 0.15) is 25.0 Å². The zero-order valence-electron chi connectivity index (χ0n) is 71.0. The van der Waals surface area contributed by atoms with Gasteiger partial charge >= 0.3 is 6.69 Å². The van der Waals surface area contributed by atoms with Crippen molar-refractivity contribution < 1.29 is 138 Å². The van der Waals surface area contributed by atoms with Crippen LogP contribution in [0.25, 0.3) is 101 Å². The van der Waals surface area contributed by atoms with E-state index in [4.69, 9.17) is 0 Å². The number of aromatic nitrogens is 15. The van der Waals surface area contributed by atoms with Gasteiger partial charge in [-0.3, -0.25) is 17.6 Å². The van der Waals surface area contributed by atoms with Gasteiger partial charge in [0.1, 0.15) is 0 Å². The van der Waals surface area contributed by atoms with E-state index >= 15 is 0 Å². The second-order valence-corrected chi connectivity index (χ2v) is 28.2. The molecule has 0 fully saturated rings. The number of pyridine rings is 7. The molecule has 0 aliphatic heterocycles. The maximum absolute atomic E-state index is 13.2. The van der Waals surface area contributed by atoms with Gasteiger partial charge in [0, 0.05) is 212 Å². The van der Waals surface area contributed by atoms with E-state index < -0.39 is 30.0 Å². The van der Waals surface area contributed by atoms with E-state index in [-0.39, 0.29) is 132 Å². The molecular formula is C106H82BF4Ir6N15-8. The molecule has 0 atom stereocenters. The smallest absolute Gasteiger partial charge is 0.379 e. The van der Waals surface area contributed by atoms with Crippen molar-refractivity contribution in [1.82, 2.24) is 73.7 Å². The summed E-state index contributed by atoms with van der Waals surface area (Å²) in [4.78, 5) is 29.5. The van der Waals surface area contributed by atoms with Gasteiger partial charge < -0.3 is 53.3 Å². The summed E-state index contributed by atoms with van der Waals surface area (Å²) in [5, 5.41) is 17.7. The first-order valence-corrected chi connectivity index (χ1v) is 40.3. The van der Waals surface area contributed by atoms with E-state index in [9.17, 15) is 17.6 Å². The van der Waals surface area contributed by atoms with Gasteiger partial charge in [-0.25, -0.2) is 20.4 Å². The largest absolute Gasteiger partial charge is 0.466 e. The van der Waals surface area contributed by atoms with Crippen LogP contribution in [0.3, 0.4) is 0 Å². The molecule has 20 aromatic rings. The van der Waals surface area contributed by atoms with E-state index in [1.54, 1.807) is 92.2 Å². The zero-order chi connectivity index (χ0) is 87.2. The Morgan fingerprint density at radius 3 is 0.962 bits per heavy atom. The predicted molar refractivity (Wildman–Crippen MR) is 490 cm³/mol. The van der Waals surface area contributed by atoms with E-state index in [1.165, 1.54) is 33.4 Å². The van der Waals surface area contributed by atoms with Crippen LogP contribution < -0.4 is 0 Å². The summed E-state index contributed by atoms with van der Waals surface area (Å²) in [5.74, 6) is -1.92. The first-order valence-electron chi connectivity index (χ1n) is 40.3. The summed E-state index contributed by atoms with van der Waals surface area (Å²) in [6.45, 7) is 4.70. The summed E-state index contributed by atoms with van der Waals surface area (Å²) in [6.07, 6.45) is 27.7. The number of hydrogen-bond acceptors (Lipinski definition) is 11. The topological polar surface area (TPSA) is 162 Å². The molecule has 0 amide bonds. The fourth-order valence-corrected chi connectivity index (χ4v) is 13.0. The van der Waals surface area contributed by atoms with Crippen LogP contribution in [0.5, 0.6) is 0 Å². The molecule has 11 aromatic heterocycles. The molecule has 674 valence electrons. The third-order valence-corrected chi connectivity index (χ3v) is 18.9. The average Bonchev–Trinajstić information content (AvgIpc) is 1.56. The van der Waals surface area contributed by atoms with E-state index in [1.807, 2.05) is 250 Å². The van der Waals surface area contributed by atoms with Crippen molar-refractivity contribution in [2.45, 2.75) is 27.2 Å². The van der Waals surface area contributed by atoms with Crippen LogP contribution in [0, 0.1) is 78.6 Å². The molecule has 0 aliphatic rings. The molecule has 0 N–H and O–H groups in total. The molecule has 0 spiro atoms. The number of halogens is 4. The molecule has 0 saturated carbocycles. The number of benzene rings is 9. The maximum Gasteiger partial charge on any atom is 0.466 e. The van der Waals surface area contributed by atoms with E-state index in [2.05, 4.69) is 197 Å². The summed E-state index contributed by atoms with van der Waals surface area (Å²) >= 11 is 0. The quantitative estimate of drug-likeness (QED) is 0.0546. The fourth-order valence-electron chi connectivity index (χ4n) is 13.0. The van der Waals surface area contributed by atoms with Crippen molar-refractivity contribution >= 4 is 6.69 Å². The van der Waals surface area contributed by atoms with Crippen LogP contribution in [-0.4, -0.2) is 80.3 Å². The third-order valence-electron chi connectivity index (χ3n) is 18.9. The number of aryl methyl sites for hydroxylation is 1. The summed E-state index contributed by atoms with van der Waals surface area (Å²) < 4.78 is 58.8. The van der Waals surface area contributed by atoms with Crippen molar-refractivity contribution in [2.24, 2.45) is 5.92 Å². The normalized spacial score (nSPS) is 9.97. The average molecular weight is 2810 g/mol. The third kappa shape index (κ3) is 31.1. The number of rotatable bonds is 15. The molecule has 132 heavy (non-hydrogen) atoms. The van der Waals surface area contributed by atoms with Crippen LogP contribution in [0.2, 0.25) is 0 Å². The number of nitrogens with zero attached hydrogens (tertiary/aromatic N) is 15. The standard InChI is InChI=1S/C21H20N.C17H12N.C12H12BN8.C12H10N.2C11H6F2N.2C11H8N.6Ir/c1-16(2)13-17-11-12-22-21(14-17)20-10-6-9-19(15-20)18-7-4-3-5-8-18;1-2-7-14(8-3-1)15-9-6-10-16(13-15)17-11-4-5-12-18-17;1-5-14-18(9-1)13(19-10-2-6-15-19,20-11-3-7-16-20)21-12-4-8-17-21;1-10-6-5-9-13-12(10)11-7-3-2-4-8-11;2*12-8-4-5-9(10(13)7-8)11-3-1-2-6-14-11;2*1-2-6-10(7-3-1)11-8-4-5-9-12-11;;;;;;/h3-9,11-12,14-16H,13H2,1-2H3;1-9,11-13H;1-12H;2-7,9H,1H3;2*1-4,6-7H;2*1-6,8-9H;;;;;;/q8*-1;;;;;;. The van der Waals surface area contributed by atoms with E-state index in [0.29, 0.717) is 17.3 Å². The molecule has 0 saturated heterocycles. The SMILES string of the molecule is CC(C)Cc1ccnc(-c2[c-]ccc(-c3ccccc3)c2)c1.Cc1cccnc1-c1[c-]cccc1.Fc1c[c-]c(-c2ccccn2)c(F)c1.Fc1c[c-]c(-c2ccccn2)c(F)c1.[Ir].[Ir].[Ir].[Ir].[Ir].[Ir].[c-]1ccc(-c2ccccc2)cc1-c1ccccn1.[c-]1ccccc1-c1ccccn1.[c-]1ccccc1-c1ccccn1.c1cnn([B-](n2cccn2)(n2cccn2)n2cccn2)c1. The van der Waals surface area contributed by atoms with Crippen LogP contribution in [0.15, 0.2) is 427 Å². The van der Waals surface area contributed by atoms with Gasteiger partial charge in [0.25, 0.3) is 0 Å². The van der Waals surface area contributed by atoms with Crippen LogP contribution >= 0.6 is 0 Å². The van der Waals surface area contributed by atoms with Crippen molar-refractivity contribution in [3.63, 3.8) is 0 Å². The first kappa shape index (κ1) is 107. The van der Waals surface area contributed by atoms with Crippen LogP contribution in [-0.2, 0) is 127 Å². The van der Waals surface area contributed by atoms with Gasteiger partial charge in [0.05, 0.1) is 0 Å². The van der Waals surface area contributed by atoms with Gasteiger partial charge in [-0.2, -0.15) is 0 Å². The summed E-state index contributed by atoms with van der Waals surface area (Å²) in [6, 6.07) is 125. The minimum atomic E-state index is -1.83. The maximum atomic E-state index is 13.2. The molecule has 20 rings (SSSR count). The zero-order valence-corrected chi connectivity index (χ0v) is 85.4. The Morgan fingerprint density at radius 2 is 0.621 bits per heavy atom. The Labute approximate surface area is 848 Å². The van der Waals surface area contributed by atoms with Gasteiger partial charge in [-0.05, 0) is 162 Å². The number of hydrogen-bond donors (Lipinski definition) is 0. The monoisotopic (exact) mass is 2810 g/mol. The molecule has 0 aliphatic carbocycles. The molecule has 15 nitrogen and oxygen atoms in total. The van der Waals surface area contributed by atoms with Crippen molar-refractivity contribution in [1.29, 1.82) is 0 Å². The predicted octanol–water partition coefficient (Wildman–Crippen LogP) is 23.6. The molecule has 26 heteroatoms. The molecule has 9 aromatic carbocycles. The second-order valence-electron chi connectivity index (χ2n) is 28.2. The molecule has 11 heterocycles. The van der Waals surface area contributed by atoms with Gasteiger partial charge in [-0.15, -0.1) is 203 Å². The Kier molecular flexibility index (Phi) is 46.0. The summed E-state index contributed by atoms with van der Waals surface area (Å²) in [5.41, 5.74) is 18.7. The molecule has 6 radical (unpaired) electrons. The van der Waals surface area contributed by atoms with Crippen LogP contribution in [0.4, 0.5) is 17.6 Å². The Balaban J connectivity index is 0.000000207. The van der Waals surface area contributed by atoms with Gasteiger partial charge in [-0.1, -0.05) is 182 Å². The fraction of sp³-hybridized carbons (Fsp3) is 0.0472. The van der Waals surface area contributed by atoms with Gasteiger partial charge in [0.15, 0.2) is 0 Å².